The fourth-order valence-electron chi connectivity index (χ4n) is 4.79. The number of benzene rings is 2. The van der Waals surface area contributed by atoms with E-state index in [1.165, 1.54) is 4.57 Å². The summed E-state index contributed by atoms with van der Waals surface area (Å²) in [5.41, 5.74) is 1.60. The van der Waals surface area contributed by atoms with Crippen LogP contribution in [0.5, 0.6) is 5.75 Å². The van der Waals surface area contributed by atoms with Crippen molar-refractivity contribution in [2.24, 2.45) is 0 Å². The van der Waals surface area contributed by atoms with Crippen molar-refractivity contribution in [3.8, 4) is 28.5 Å². The van der Waals surface area contributed by atoms with E-state index in [1.54, 1.807) is 21.3 Å². The predicted octanol–water partition coefficient (Wildman–Crippen LogP) is 6.37. The van der Waals surface area contributed by atoms with Gasteiger partial charge in [-0.3, -0.25) is 18.5 Å². The molecule has 0 saturated carbocycles. The second kappa shape index (κ2) is 13.6. The Bertz CT molecular complexity index is 1890. The van der Waals surface area contributed by atoms with Gasteiger partial charge in [0.25, 0.3) is 11.4 Å². The highest BCUT2D eigenvalue weighted by molar-refractivity contribution is 6.77. The average Bonchev–Trinajstić information content (AvgIpc) is 3.65. The van der Waals surface area contributed by atoms with Crippen molar-refractivity contribution in [3.05, 3.63) is 80.3 Å². The number of hydrogen-bond acceptors (Lipinski definition) is 8. The van der Waals surface area contributed by atoms with Crippen LogP contribution in [0.25, 0.3) is 33.9 Å². The van der Waals surface area contributed by atoms with Crippen LogP contribution in [-0.4, -0.2) is 42.6 Å². The molecule has 0 fully saturated rings. The van der Waals surface area contributed by atoms with Crippen LogP contribution in [0, 0.1) is 0 Å². The molecule has 0 N–H and O–H groups in total. The minimum Gasteiger partial charge on any atom is -0.484 e. The van der Waals surface area contributed by atoms with Crippen LogP contribution in [0.4, 0.5) is 0 Å². The van der Waals surface area contributed by atoms with E-state index >= 15 is 0 Å². The van der Waals surface area contributed by atoms with Crippen molar-refractivity contribution in [2.45, 2.75) is 85.4 Å². The van der Waals surface area contributed by atoms with Crippen molar-refractivity contribution in [1.29, 1.82) is 0 Å². The molecule has 13 heteroatoms. The molecular formula is C32H39ClN6O5Si. The number of rotatable bonds is 13. The molecule has 0 radical (unpaired) electrons. The molecule has 0 saturated heterocycles. The first-order chi connectivity index (χ1) is 21.5. The first kappa shape index (κ1) is 32.4. The zero-order valence-electron chi connectivity index (χ0n) is 26.5. The number of aromatic nitrogens is 6. The molecule has 238 valence electrons. The summed E-state index contributed by atoms with van der Waals surface area (Å²) in [7, 11) is -1.63. The van der Waals surface area contributed by atoms with Gasteiger partial charge < -0.3 is 14.0 Å². The van der Waals surface area contributed by atoms with Crippen LogP contribution in [0.3, 0.4) is 0 Å². The third kappa shape index (κ3) is 6.97. The van der Waals surface area contributed by atoms with Gasteiger partial charge in [0.2, 0.25) is 5.82 Å². The Morgan fingerprint density at radius 2 is 1.53 bits per heavy atom. The van der Waals surface area contributed by atoms with E-state index in [-0.39, 0.29) is 30.3 Å². The van der Waals surface area contributed by atoms with Gasteiger partial charge in [-0.05, 0) is 68.3 Å². The summed E-state index contributed by atoms with van der Waals surface area (Å²) >= 11 is 5.97. The summed E-state index contributed by atoms with van der Waals surface area (Å²) < 4.78 is 22.4. The van der Waals surface area contributed by atoms with Crippen LogP contribution < -0.4 is 16.0 Å². The molecule has 1 atom stereocenters. The Kier molecular flexibility index (Phi) is 9.75. The number of halogens is 1. The van der Waals surface area contributed by atoms with Crippen molar-refractivity contribution < 1.29 is 14.0 Å². The highest BCUT2D eigenvalue weighted by Crippen LogP contribution is 2.27. The van der Waals surface area contributed by atoms with Crippen LogP contribution in [0.15, 0.2) is 62.6 Å². The van der Waals surface area contributed by atoms with Gasteiger partial charge in [-0.2, -0.15) is 4.98 Å². The van der Waals surface area contributed by atoms with Gasteiger partial charge in [-0.1, -0.05) is 50.2 Å². The van der Waals surface area contributed by atoms with Gasteiger partial charge >= 0.3 is 5.69 Å². The number of hydrogen-bond donors (Lipinski definition) is 0. The number of aryl methyl sites for hydroxylation is 1. The van der Waals surface area contributed by atoms with Crippen molar-refractivity contribution >= 4 is 30.8 Å². The molecule has 0 bridgehead atoms. The molecule has 3 heterocycles. The lowest BCUT2D eigenvalue weighted by molar-refractivity contribution is 0.0597. The van der Waals surface area contributed by atoms with E-state index in [2.05, 4.69) is 36.7 Å². The fourth-order valence-corrected chi connectivity index (χ4v) is 5.49. The minimum absolute atomic E-state index is 0.0305. The van der Waals surface area contributed by atoms with Crippen LogP contribution >= 0.6 is 11.6 Å². The first-order valence-electron chi connectivity index (χ1n) is 15.2. The maximum atomic E-state index is 13.8. The van der Waals surface area contributed by atoms with Gasteiger partial charge in [0.05, 0.1) is 8.07 Å². The molecular weight excluding hydrogens is 612 g/mol. The maximum absolute atomic E-state index is 13.8. The Hall–Kier alpha value is -4.00. The van der Waals surface area contributed by atoms with Gasteiger partial charge in [0.15, 0.2) is 17.8 Å². The van der Waals surface area contributed by atoms with Crippen LogP contribution in [-0.2, 0) is 31.2 Å². The summed E-state index contributed by atoms with van der Waals surface area (Å²) in [6.45, 7) is 13.7. The standard InChI is InChI=1S/C32H39ClN6O5Si/c1-7-17-37-30-27(31(40)38(18-8-2)32(37)41)39(20-43-21(3)45(4,5)6)29(35-30)23-11-15-25(16-12-23)42-19-26-34-28(36-44-26)22-9-13-24(33)14-10-22/h9-16,21H,7-8,17-20H2,1-6H3. The largest absolute Gasteiger partial charge is 0.484 e. The van der Waals surface area contributed by atoms with Crippen molar-refractivity contribution in [2.75, 3.05) is 0 Å². The molecule has 11 nitrogen and oxygen atoms in total. The monoisotopic (exact) mass is 650 g/mol. The second-order valence-electron chi connectivity index (χ2n) is 12.1. The van der Waals surface area contributed by atoms with Crippen molar-refractivity contribution in [1.82, 2.24) is 28.8 Å². The first-order valence-corrected chi connectivity index (χ1v) is 19.1. The Morgan fingerprint density at radius 3 is 2.18 bits per heavy atom. The Labute approximate surface area is 267 Å². The summed E-state index contributed by atoms with van der Waals surface area (Å²) in [4.78, 5) is 36.5. The minimum atomic E-state index is -1.63. The molecule has 0 amide bonds. The van der Waals surface area contributed by atoms with Gasteiger partial charge in [0, 0.05) is 35.0 Å². The SMILES string of the molecule is CCCn1c(=O)c2c(nc(-c3ccc(OCc4nc(-c5ccc(Cl)cc5)no4)cc3)n2COC(C)[Si](C)(C)C)n(CCC)c1=O. The zero-order valence-corrected chi connectivity index (χ0v) is 28.3. The molecule has 1 unspecified atom stereocenters. The molecule has 0 aliphatic carbocycles. The topological polar surface area (TPSA) is 119 Å². The molecule has 0 aliphatic rings. The van der Waals surface area contributed by atoms with E-state index in [0.29, 0.717) is 59.0 Å². The number of nitrogens with zero attached hydrogens (tertiary/aromatic N) is 6. The molecule has 3 aromatic heterocycles. The summed E-state index contributed by atoms with van der Waals surface area (Å²) in [6.07, 6.45) is 1.38. The Morgan fingerprint density at radius 1 is 0.889 bits per heavy atom. The summed E-state index contributed by atoms with van der Waals surface area (Å²) in [5.74, 6) is 1.91. The predicted molar refractivity (Wildman–Crippen MR) is 177 cm³/mol. The average molecular weight is 651 g/mol. The molecule has 2 aromatic carbocycles. The highest BCUT2D eigenvalue weighted by Gasteiger charge is 2.26. The van der Waals surface area contributed by atoms with E-state index < -0.39 is 8.07 Å². The molecule has 5 aromatic rings. The van der Waals surface area contributed by atoms with Gasteiger partial charge in [-0.15, -0.1) is 0 Å². The highest BCUT2D eigenvalue weighted by atomic mass is 35.5. The normalized spacial score (nSPS) is 12.6. The van der Waals surface area contributed by atoms with Gasteiger partial charge in [0.1, 0.15) is 18.3 Å². The molecule has 5 rings (SSSR count). The summed E-state index contributed by atoms with van der Waals surface area (Å²) in [6, 6.07) is 14.5. The van der Waals surface area contributed by atoms with E-state index in [9.17, 15) is 9.59 Å². The molecule has 45 heavy (non-hydrogen) atoms. The summed E-state index contributed by atoms with van der Waals surface area (Å²) in [5, 5.41) is 4.65. The number of ether oxygens (including phenoxy) is 2. The number of imidazole rings is 1. The lowest BCUT2D eigenvalue weighted by Crippen LogP contribution is -2.41. The Balaban J connectivity index is 1.47. The third-order valence-corrected chi connectivity index (χ3v) is 10.6. The quantitative estimate of drug-likeness (QED) is 0.135. The second-order valence-corrected chi connectivity index (χ2v) is 18.0. The van der Waals surface area contributed by atoms with E-state index in [0.717, 1.165) is 17.5 Å². The maximum Gasteiger partial charge on any atom is 0.332 e. The smallest absolute Gasteiger partial charge is 0.332 e. The third-order valence-electron chi connectivity index (χ3n) is 7.73. The number of fused-ring (bicyclic) bond motifs is 1. The van der Waals surface area contributed by atoms with Crippen LogP contribution in [0.2, 0.25) is 24.7 Å². The molecule has 0 aliphatic heterocycles. The van der Waals surface area contributed by atoms with Crippen LogP contribution in [0.1, 0.15) is 39.5 Å². The van der Waals surface area contributed by atoms with E-state index in [4.69, 9.17) is 30.6 Å². The molecule has 0 spiro atoms. The van der Waals surface area contributed by atoms with E-state index in [1.807, 2.05) is 50.2 Å². The lowest BCUT2D eigenvalue weighted by atomic mass is 10.2. The lowest BCUT2D eigenvalue weighted by Gasteiger charge is -2.26. The van der Waals surface area contributed by atoms with Gasteiger partial charge in [-0.25, -0.2) is 9.78 Å². The van der Waals surface area contributed by atoms with Crippen molar-refractivity contribution in [3.63, 3.8) is 0 Å². The fraction of sp³-hybridized carbons (Fsp3) is 0.406. The zero-order chi connectivity index (χ0) is 32.3.